The molecule has 0 fully saturated rings. The second-order valence-electron chi connectivity index (χ2n) is 5.30. The molecule has 1 atom stereocenters. The zero-order valence-electron chi connectivity index (χ0n) is 13.8. The van der Waals surface area contributed by atoms with Crippen molar-refractivity contribution in [3.8, 4) is 11.5 Å². The Morgan fingerprint density at radius 2 is 1.88 bits per heavy atom. The largest absolute Gasteiger partial charge is 0.507 e. The van der Waals surface area contributed by atoms with Gasteiger partial charge in [-0.1, -0.05) is 23.7 Å². The van der Waals surface area contributed by atoms with Gasteiger partial charge < -0.3 is 19.9 Å². The van der Waals surface area contributed by atoms with Crippen molar-refractivity contribution < 1.29 is 24.2 Å². The number of hydrogen-bond donors (Lipinski definition) is 2. The van der Waals surface area contributed by atoms with Gasteiger partial charge in [-0.3, -0.25) is 4.79 Å². The predicted octanol–water partition coefficient (Wildman–Crippen LogP) is 3.09. The topological polar surface area (TPSA) is 84.9 Å². The molecule has 6 nitrogen and oxygen atoms in total. The molecule has 25 heavy (non-hydrogen) atoms. The van der Waals surface area contributed by atoms with Gasteiger partial charge in [-0.25, -0.2) is 4.79 Å². The summed E-state index contributed by atoms with van der Waals surface area (Å²) in [4.78, 5) is 23.9. The minimum absolute atomic E-state index is 0.0423. The standard InChI is InChI=1S/C18H18ClNO5/c1-11(12-3-5-13(19)6-4-12)20-17(22)10-25-18(23)15-8-7-14(24-2)9-16(15)21/h3-9,11,21H,10H2,1-2H3,(H,20,22)/t11-/m1/s1. The van der Waals surface area contributed by atoms with E-state index in [1.54, 1.807) is 31.2 Å². The van der Waals surface area contributed by atoms with Gasteiger partial charge in [0.05, 0.1) is 13.2 Å². The zero-order valence-corrected chi connectivity index (χ0v) is 14.5. The quantitative estimate of drug-likeness (QED) is 0.770. The smallest absolute Gasteiger partial charge is 0.342 e. The monoisotopic (exact) mass is 363 g/mol. The number of phenols is 1. The molecule has 2 aromatic carbocycles. The van der Waals surface area contributed by atoms with E-state index in [1.165, 1.54) is 25.3 Å². The third-order valence-corrected chi connectivity index (χ3v) is 3.76. The van der Waals surface area contributed by atoms with Crippen LogP contribution in [0.3, 0.4) is 0 Å². The molecule has 2 rings (SSSR count). The Morgan fingerprint density at radius 1 is 1.20 bits per heavy atom. The Bertz CT molecular complexity index is 761. The zero-order chi connectivity index (χ0) is 18.4. The van der Waals surface area contributed by atoms with E-state index in [9.17, 15) is 14.7 Å². The third-order valence-electron chi connectivity index (χ3n) is 3.51. The highest BCUT2D eigenvalue weighted by atomic mass is 35.5. The highest BCUT2D eigenvalue weighted by molar-refractivity contribution is 6.30. The van der Waals surface area contributed by atoms with Crippen LogP contribution in [0.2, 0.25) is 5.02 Å². The summed E-state index contributed by atoms with van der Waals surface area (Å²) in [6, 6.07) is 11.0. The van der Waals surface area contributed by atoms with Crippen molar-refractivity contribution in [3.63, 3.8) is 0 Å². The second-order valence-corrected chi connectivity index (χ2v) is 5.74. The van der Waals surface area contributed by atoms with Crippen LogP contribution >= 0.6 is 11.6 Å². The number of ether oxygens (including phenoxy) is 2. The highest BCUT2D eigenvalue weighted by Gasteiger charge is 2.16. The maximum atomic E-state index is 11.9. The minimum atomic E-state index is -0.797. The Morgan fingerprint density at radius 3 is 2.48 bits per heavy atom. The molecule has 0 saturated heterocycles. The summed E-state index contributed by atoms with van der Waals surface area (Å²) in [5.41, 5.74) is 0.830. The van der Waals surface area contributed by atoms with Gasteiger partial charge in [0.2, 0.25) is 0 Å². The van der Waals surface area contributed by atoms with E-state index < -0.39 is 18.5 Å². The number of hydrogen-bond acceptors (Lipinski definition) is 5. The van der Waals surface area contributed by atoms with Crippen LogP contribution in [0.15, 0.2) is 42.5 Å². The maximum Gasteiger partial charge on any atom is 0.342 e. The summed E-state index contributed by atoms with van der Waals surface area (Å²) in [6.07, 6.45) is 0. The molecule has 0 heterocycles. The van der Waals surface area contributed by atoms with Crippen LogP contribution in [0.1, 0.15) is 28.9 Å². The number of methoxy groups -OCH3 is 1. The number of halogens is 1. The van der Waals surface area contributed by atoms with Crippen molar-refractivity contribution in [1.82, 2.24) is 5.32 Å². The van der Waals surface area contributed by atoms with Crippen LogP contribution in [-0.2, 0) is 9.53 Å². The van der Waals surface area contributed by atoms with E-state index in [-0.39, 0.29) is 17.4 Å². The molecule has 0 aromatic heterocycles. The summed E-state index contributed by atoms with van der Waals surface area (Å²) < 4.78 is 9.86. The van der Waals surface area contributed by atoms with Crippen molar-refractivity contribution in [2.75, 3.05) is 13.7 Å². The van der Waals surface area contributed by atoms with Gasteiger partial charge in [-0.05, 0) is 36.8 Å². The molecule has 132 valence electrons. The lowest BCUT2D eigenvalue weighted by molar-refractivity contribution is -0.124. The Balaban J connectivity index is 1.89. The first-order valence-corrected chi connectivity index (χ1v) is 7.87. The van der Waals surface area contributed by atoms with E-state index in [0.29, 0.717) is 10.8 Å². The molecule has 7 heteroatoms. The maximum absolute atomic E-state index is 11.9. The number of carbonyl (C=O) groups excluding carboxylic acids is 2. The van der Waals surface area contributed by atoms with Crippen LogP contribution in [0, 0.1) is 0 Å². The van der Waals surface area contributed by atoms with Gasteiger partial charge in [0, 0.05) is 11.1 Å². The van der Waals surface area contributed by atoms with Gasteiger partial charge in [-0.2, -0.15) is 0 Å². The van der Waals surface area contributed by atoms with Gasteiger partial charge in [-0.15, -0.1) is 0 Å². The first-order valence-electron chi connectivity index (χ1n) is 7.49. The Kier molecular flexibility index (Phi) is 6.25. The molecule has 0 aliphatic heterocycles. The van der Waals surface area contributed by atoms with Crippen molar-refractivity contribution in [1.29, 1.82) is 0 Å². The van der Waals surface area contributed by atoms with E-state index in [2.05, 4.69) is 5.32 Å². The molecule has 0 radical (unpaired) electrons. The number of rotatable bonds is 6. The lowest BCUT2D eigenvalue weighted by Crippen LogP contribution is -2.31. The minimum Gasteiger partial charge on any atom is -0.507 e. The number of amides is 1. The first-order chi connectivity index (χ1) is 11.9. The van der Waals surface area contributed by atoms with E-state index in [0.717, 1.165) is 5.56 Å². The highest BCUT2D eigenvalue weighted by Crippen LogP contribution is 2.24. The van der Waals surface area contributed by atoms with Crippen molar-refractivity contribution in [3.05, 3.63) is 58.6 Å². The van der Waals surface area contributed by atoms with Gasteiger partial charge in [0.25, 0.3) is 5.91 Å². The average Bonchev–Trinajstić information content (AvgIpc) is 2.60. The molecule has 0 aliphatic rings. The van der Waals surface area contributed by atoms with E-state index in [1.807, 2.05) is 0 Å². The predicted molar refractivity (Wildman–Crippen MR) is 93.0 cm³/mol. The number of aromatic hydroxyl groups is 1. The van der Waals surface area contributed by atoms with E-state index >= 15 is 0 Å². The fourth-order valence-corrected chi connectivity index (χ4v) is 2.26. The molecule has 0 bridgehead atoms. The van der Waals surface area contributed by atoms with Crippen LogP contribution in [-0.4, -0.2) is 30.7 Å². The normalized spacial score (nSPS) is 11.5. The molecular formula is C18H18ClNO5. The average molecular weight is 364 g/mol. The number of carbonyl (C=O) groups is 2. The summed E-state index contributed by atoms with van der Waals surface area (Å²) in [7, 11) is 1.44. The van der Waals surface area contributed by atoms with Crippen LogP contribution in [0.4, 0.5) is 0 Å². The van der Waals surface area contributed by atoms with Gasteiger partial charge in [0.1, 0.15) is 17.1 Å². The number of benzene rings is 2. The molecule has 0 saturated carbocycles. The fourth-order valence-electron chi connectivity index (χ4n) is 2.14. The number of phenolic OH excluding ortho intramolecular Hbond substituents is 1. The molecular weight excluding hydrogens is 346 g/mol. The lowest BCUT2D eigenvalue weighted by Gasteiger charge is -2.14. The van der Waals surface area contributed by atoms with Crippen molar-refractivity contribution in [2.45, 2.75) is 13.0 Å². The SMILES string of the molecule is COc1ccc(C(=O)OCC(=O)N[C@H](C)c2ccc(Cl)cc2)c(O)c1. The third kappa shape index (κ3) is 5.12. The molecule has 0 spiro atoms. The summed E-state index contributed by atoms with van der Waals surface area (Å²) in [5.74, 6) is -1.12. The van der Waals surface area contributed by atoms with Gasteiger partial charge >= 0.3 is 5.97 Å². The fraction of sp³-hybridized carbons (Fsp3) is 0.222. The Labute approximate surface area is 150 Å². The molecule has 2 N–H and O–H groups in total. The lowest BCUT2D eigenvalue weighted by atomic mass is 10.1. The summed E-state index contributed by atoms with van der Waals surface area (Å²) >= 11 is 5.82. The second kappa shape index (κ2) is 8.39. The van der Waals surface area contributed by atoms with Crippen molar-refractivity contribution in [2.24, 2.45) is 0 Å². The summed E-state index contributed by atoms with van der Waals surface area (Å²) in [5, 5.41) is 13.1. The molecule has 0 aliphatic carbocycles. The number of nitrogens with one attached hydrogen (secondary N) is 1. The van der Waals surface area contributed by atoms with E-state index in [4.69, 9.17) is 21.1 Å². The Hall–Kier alpha value is -2.73. The van der Waals surface area contributed by atoms with Gasteiger partial charge in [0.15, 0.2) is 6.61 Å². The van der Waals surface area contributed by atoms with Crippen LogP contribution in [0.25, 0.3) is 0 Å². The molecule has 1 amide bonds. The number of esters is 1. The molecule has 2 aromatic rings. The van der Waals surface area contributed by atoms with Crippen LogP contribution in [0.5, 0.6) is 11.5 Å². The van der Waals surface area contributed by atoms with Crippen LogP contribution < -0.4 is 10.1 Å². The molecule has 0 unspecified atom stereocenters. The first kappa shape index (κ1) is 18.6. The van der Waals surface area contributed by atoms with Crippen molar-refractivity contribution >= 4 is 23.5 Å². The summed E-state index contributed by atoms with van der Waals surface area (Å²) in [6.45, 7) is 1.35.